The van der Waals surface area contributed by atoms with Crippen LogP contribution in [-0.4, -0.2) is 31.1 Å². The third-order valence-corrected chi connectivity index (χ3v) is 5.31. The van der Waals surface area contributed by atoms with Crippen molar-refractivity contribution in [2.75, 3.05) is 18.5 Å². The average Bonchev–Trinajstić information content (AvgIpc) is 3.11. The Morgan fingerprint density at radius 3 is 2.39 bits per heavy atom. The molecule has 2 rings (SSSR count). The van der Waals surface area contributed by atoms with Crippen molar-refractivity contribution in [2.45, 2.75) is 39.5 Å². The van der Waals surface area contributed by atoms with Gasteiger partial charge in [-0.05, 0) is 31.4 Å². The Morgan fingerprint density at radius 2 is 1.79 bits per heavy atom. The maximum absolute atomic E-state index is 12.4. The van der Waals surface area contributed by atoms with Gasteiger partial charge in [0, 0.05) is 4.88 Å². The topological polar surface area (TPSA) is 81.7 Å². The number of hydrogen-bond donors (Lipinski definition) is 1. The highest BCUT2D eigenvalue weighted by Gasteiger charge is 2.22. The predicted molar refractivity (Wildman–Crippen MR) is 109 cm³/mol. The van der Waals surface area contributed by atoms with Gasteiger partial charge in [-0.15, -0.1) is 11.3 Å². The minimum Gasteiger partial charge on any atom is -0.462 e. The molecule has 28 heavy (non-hydrogen) atoms. The van der Waals surface area contributed by atoms with Crippen molar-refractivity contribution >= 4 is 34.2 Å². The van der Waals surface area contributed by atoms with Crippen molar-refractivity contribution in [3.63, 3.8) is 0 Å². The summed E-state index contributed by atoms with van der Waals surface area (Å²) in [4.78, 5) is 37.7. The van der Waals surface area contributed by atoms with E-state index in [1.54, 1.807) is 13.0 Å². The first kappa shape index (κ1) is 21.6. The van der Waals surface area contributed by atoms with Gasteiger partial charge in [0.2, 0.25) is 0 Å². The number of benzene rings is 1. The molecule has 0 saturated carbocycles. The van der Waals surface area contributed by atoms with Crippen LogP contribution in [0.25, 0.3) is 0 Å². The third kappa shape index (κ3) is 5.66. The lowest BCUT2D eigenvalue weighted by Crippen LogP contribution is -2.24. The van der Waals surface area contributed by atoms with Gasteiger partial charge >= 0.3 is 11.9 Å². The second-order valence-corrected chi connectivity index (χ2v) is 7.19. The number of thiophene rings is 1. The first-order chi connectivity index (χ1) is 13.5. The van der Waals surface area contributed by atoms with E-state index in [2.05, 4.69) is 5.32 Å². The molecule has 0 aliphatic carbocycles. The van der Waals surface area contributed by atoms with Gasteiger partial charge in [-0.3, -0.25) is 9.59 Å². The summed E-state index contributed by atoms with van der Waals surface area (Å²) < 4.78 is 10.2. The zero-order valence-electron chi connectivity index (χ0n) is 16.3. The molecule has 0 radical (unpaired) electrons. The fourth-order valence-electron chi connectivity index (χ4n) is 2.69. The number of ether oxygens (including phenoxy) is 2. The summed E-state index contributed by atoms with van der Waals surface area (Å²) >= 11 is 1.31. The molecule has 0 unspecified atom stereocenters. The summed E-state index contributed by atoms with van der Waals surface area (Å²) in [6.07, 6.45) is 1.31. The zero-order chi connectivity index (χ0) is 20.5. The van der Waals surface area contributed by atoms with Gasteiger partial charge in [-0.2, -0.15) is 0 Å². The van der Waals surface area contributed by atoms with Gasteiger partial charge in [0.05, 0.1) is 18.1 Å². The number of hydrogen-bond acceptors (Lipinski definition) is 6. The van der Waals surface area contributed by atoms with E-state index in [9.17, 15) is 14.4 Å². The molecular weight excluding hydrogens is 378 g/mol. The van der Waals surface area contributed by atoms with Crippen molar-refractivity contribution in [1.29, 1.82) is 0 Å². The normalized spacial score (nSPS) is 11.5. The number of anilines is 1. The molecule has 6 nitrogen and oxygen atoms in total. The predicted octanol–water partition coefficient (Wildman–Crippen LogP) is 4.16. The Kier molecular flexibility index (Phi) is 8.19. The fourth-order valence-corrected chi connectivity index (χ4v) is 3.69. The Morgan fingerprint density at radius 1 is 1.07 bits per heavy atom. The Labute approximate surface area is 168 Å². The van der Waals surface area contributed by atoms with Crippen LogP contribution in [0.15, 0.2) is 36.4 Å². The number of esters is 2. The molecule has 1 atom stereocenters. The smallest absolute Gasteiger partial charge is 0.341 e. The second-order valence-electron chi connectivity index (χ2n) is 6.06. The molecule has 0 aliphatic heterocycles. The van der Waals surface area contributed by atoms with E-state index in [-0.39, 0.29) is 6.61 Å². The lowest BCUT2D eigenvalue weighted by atomic mass is 9.97. The van der Waals surface area contributed by atoms with Gasteiger partial charge in [-0.1, -0.05) is 44.2 Å². The summed E-state index contributed by atoms with van der Waals surface area (Å²) in [6, 6.07) is 11.0. The average molecular weight is 404 g/mol. The fraction of sp³-hybridized carbons (Fsp3) is 0.381. The molecule has 0 saturated heterocycles. The maximum Gasteiger partial charge on any atom is 0.341 e. The van der Waals surface area contributed by atoms with Gasteiger partial charge in [0.1, 0.15) is 5.00 Å². The van der Waals surface area contributed by atoms with Crippen LogP contribution in [0, 0.1) is 0 Å². The minimum atomic E-state index is -0.494. The van der Waals surface area contributed by atoms with Crippen molar-refractivity contribution in [3.05, 3.63) is 52.4 Å². The molecule has 0 spiro atoms. The van der Waals surface area contributed by atoms with Gasteiger partial charge in [-0.25, -0.2) is 4.79 Å². The summed E-state index contributed by atoms with van der Waals surface area (Å²) in [5, 5.41) is 3.07. The standard InChI is InChI=1S/C21H25NO5S/c1-4-15-12-17(21(25)26-6-3)19(28-15)22-18(23)13-27-20(24)16(5-2)14-10-8-7-9-11-14/h7-12,16H,4-6,13H2,1-3H3,(H,22,23)/t16-/m0/s1. The maximum atomic E-state index is 12.4. The van der Waals surface area contributed by atoms with Crippen molar-refractivity contribution in [2.24, 2.45) is 0 Å². The molecule has 1 N–H and O–H groups in total. The summed E-state index contributed by atoms with van der Waals surface area (Å²) in [5.74, 6) is -1.85. The van der Waals surface area contributed by atoms with Gasteiger partial charge in [0.25, 0.3) is 5.91 Å². The number of nitrogens with one attached hydrogen (secondary N) is 1. The number of carbonyl (C=O) groups excluding carboxylic acids is 3. The summed E-state index contributed by atoms with van der Waals surface area (Å²) in [6.45, 7) is 5.41. The second kappa shape index (κ2) is 10.6. The van der Waals surface area contributed by atoms with Gasteiger partial charge < -0.3 is 14.8 Å². The lowest BCUT2D eigenvalue weighted by molar-refractivity contribution is -0.149. The van der Waals surface area contributed by atoms with Crippen molar-refractivity contribution in [1.82, 2.24) is 0 Å². The zero-order valence-corrected chi connectivity index (χ0v) is 17.1. The summed E-state index contributed by atoms with van der Waals surface area (Å²) in [7, 11) is 0. The van der Waals surface area contributed by atoms with E-state index < -0.39 is 30.4 Å². The molecular formula is C21H25NO5S. The Balaban J connectivity index is 1.99. The quantitative estimate of drug-likeness (QED) is 0.636. The van der Waals surface area contributed by atoms with Crippen LogP contribution < -0.4 is 5.32 Å². The number of amides is 1. The molecule has 0 fully saturated rings. The largest absolute Gasteiger partial charge is 0.462 e. The first-order valence-electron chi connectivity index (χ1n) is 9.31. The van der Waals surface area contributed by atoms with E-state index in [1.165, 1.54) is 11.3 Å². The highest BCUT2D eigenvalue weighted by molar-refractivity contribution is 7.16. The van der Waals surface area contributed by atoms with E-state index in [0.29, 0.717) is 17.0 Å². The number of aryl methyl sites for hydroxylation is 1. The Bertz CT molecular complexity index is 815. The van der Waals surface area contributed by atoms with E-state index in [0.717, 1.165) is 16.9 Å². The molecule has 150 valence electrons. The third-order valence-electron chi connectivity index (χ3n) is 4.12. The first-order valence-corrected chi connectivity index (χ1v) is 10.1. The van der Waals surface area contributed by atoms with E-state index >= 15 is 0 Å². The van der Waals surface area contributed by atoms with Crippen LogP contribution in [0.5, 0.6) is 0 Å². The monoisotopic (exact) mass is 403 g/mol. The van der Waals surface area contributed by atoms with Crippen LogP contribution in [0.1, 0.15) is 53.9 Å². The molecule has 1 aromatic carbocycles. The molecule has 7 heteroatoms. The van der Waals surface area contributed by atoms with Crippen LogP contribution in [-0.2, 0) is 25.5 Å². The van der Waals surface area contributed by atoms with Crippen LogP contribution in [0.2, 0.25) is 0 Å². The number of rotatable bonds is 9. The van der Waals surface area contributed by atoms with Crippen LogP contribution >= 0.6 is 11.3 Å². The molecule has 1 heterocycles. The van der Waals surface area contributed by atoms with E-state index in [4.69, 9.17) is 9.47 Å². The van der Waals surface area contributed by atoms with Crippen LogP contribution in [0.3, 0.4) is 0 Å². The lowest BCUT2D eigenvalue weighted by Gasteiger charge is -2.14. The number of carbonyl (C=O) groups is 3. The molecule has 1 amide bonds. The summed E-state index contributed by atoms with van der Waals surface area (Å²) in [5.41, 5.74) is 1.17. The molecule has 0 aliphatic rings. The van der Waals surface area contributed by atoms with Gasteiger partial charge in [0.15, 0.2) is 6.61 Å². The van der Waals surface area contributed by atoms with Crippen LogP contribution in [0.4, 0.5) is 5.00 Å². The highest BCUT2D eigenvalue weighted by Crippen LogP contribution is 2.29. The SMILES string of the molecule is CCOC(=O)c1cc(CC)sc1NC(=O)COC(=O)[C@@H](CC)c1ccccc1. The van der Waals surface area contributed by atoms with Crippen molar-refractivity contribution < 1.29 is 23.9 Å². The highest BCUT2D eigenvalue weighted by atomic mass is 32.1. The minimum absolute atomic E-state index is 0.249. The Hall–Kier alpha value is -2.67. The molecule has 0 bridgehead atoms. The van der Waals surface area contributed by atoms with E-state index in [1.807, 2.05) is 44.2 Å². The van der Waals surface area contributed by atoms with Crippen molar-refractivity contribution in [3.8, 4) is 0 Å². The molecule has 2 aromatic rings. The molecule has 1 aromatic heterocycles.